The number of nitrogens with zero attached hydrogens (tertiary/aromatic N) is 1. The third-order valence-corrected chi connectivity index (χ3v) is 2.87. The molecule has 0 atom stereocenters. The Morgan fingerprint density at radius 2 is 2.06 bits per heavy atom. The molecule has 2 heterocycles. The Kier molecular flexibility index (Phi) is 2.26. The Morgan fingerprint density at radius 1 is 1.25 bits per heavy atom. The average molecular weight is 215 g/mol. The van der Waals surface area contributed by atoms with Crippen molar-refractivity contribution in [3.63, 3.8) is 0 Å². The van der Waals surface area contributed by atoms with E-state index in [-0.39, 0.29) is 0 Å². The maximum Gasteiger partial charge on any atom is 0.189 e. The zero-order valence-electron chi connectivity index (χ0n) is 9.19. The number of ether oxygens (including phenoxy) is 2. The van der Waals surface area contributed by atoms with Crippen LogP contribution in [0.15, 0.2) is 24.3 Å². The summed E-state index contributed by atoms with van der Waals surface area (Å²) in [6.45, 7) is 2.99. The summed E-state index contributed by atoms with van der Waals surface area (Å²) in [7, 11) is 0. The lowest BCUT2D eigenvalue weighted by molar-refractivity contribution is -0.0176. The van der Waals surface area contributed by atoms with Crippen molar-refractivity contribution in [1.82, 2.24) is 4.98 Å². The predicted molar refractivity (Wildman–Crippen MR) is 61.4 cm³/mol. The summed E-state index contributed by atoms with van der Waals surface area (Å²) in [6, 6.07) is 8.25. The number of rotatable bonds is 1. The van der Waals surface area contributed by atoms with Crippen molar-refractivity contribution in [2.75, 3.05) is 6.79 Å². The molecule has 3 nitrogen and oxygen atoms in total. The van der Waals surface area contributed by atoms with Crippen molar-refractivity contribution in [2.45, 2.75) is 20.0 Å². The van der Waals surface area contributed by atoms with E-state index in [0.717, 1.165) is 28.9 Å². The molecule has 0 radical (unpaired) electrons. The minimum absolute atomic E-state index is 0.324. The Labute approximate surface area is 94.0 Å². The normalized spacial score (nSPS) is 14.6. The van der Waals surface area contributed by atoms with Gasteiger partial charge in [0.15, 0.2) is 12.5 Å². The van der Waals surface area contributed by atoms with Gasteiger partial charge in [0.25, 0.3) is 0 Å². The molecule has 2 aromatic rings. The number of aryl methyl sites for hydroxylation is 1. The topological polar surface area (TPSA) is 31.4 Å². The van der Waals surface area contributed by atoms with Crippen LogP contribution < -0.4 is 4.74 Å². The van der Waals surface area contributed by atoms with Crippen molar-refractivity contribution in [3.05, 3.63) is 35.7 Å². The molecule has 0 aliphatic carbocycles. The molecule has 0 bridgehead atoms. The summed E-state index contributed by atoms with van der Waals surface area (Å²) in [6.07, 6.45) is 0.924. The van der Waals surface area contributed by atoms with Gasteiger partial charge in [0.2, 0.25) is 0 Å². The highest BCUT2D eigenvalue weighted by atomic mass is 16.7. The fourth-order valence-electron chi connectivity index (χ4n) is 2.13. The van der Waals surface area contributed by atoms with Crippen molar-refractivity contribution < 1.29 is 9.47 Å². The van der Waals surface area contributed by atoms with Gasteiger partial charge in [-0.05, 0) is 6.42 Å². The van der Waals surface area contributed by atoms with Crippen molar-refractivity contribution >= 4 is 10.8 Å². The minimum Gasteiger partial charge on any atom is -0.465 e. The van der Waals surface area contributed by atoms with Gasteiger partial charge in [0, 0.05) is 16.5 Å². The first kappa shape index (κ1) is 9.60. The highest BCUT2D eigenvalue weighted by Gasteiger charge is 2.17. The second-order valence-corrected chi connectivity index (χ2v) is 3.84. The largest absolute Gasteiger partial charge is 0.465 e. The van der Waals surface area contributed by atoms with Crippen LogP contribution in [0.3, 0.4) is 0 Å². The molecule has 0 spiro atoms. The number of hydrogen-bond acceptors (Lipinski definition) is 3. The van der Waals surface area contributed by atoms with Crippen LogP contribution in [0.4, 0.5) is 0 Å². The SMILES string of the molecule is CCc1nc2c(c3ccccc13)OCOC2. The van der Waals surface area contributed by atoms with Crippen molar-refractivity contribution in [2.24, 2.45) is 0 Å². The molecule has 0 N–H and O–H groups in total. The van der Waals surface area contributed by atoms with Crippen LogP contribution >= 0.6 is 0 Å². The van der Waals surface area contributed by atoms with Crippen molar-refractivity contribution in [1.29, 1.82) is 0 Å². The van der Waals surface area contributed by atoms with Gasteiger partial charge in [0.05, 0.1) is 6.61 Å². The Bertz CT molecular complexity index is 537. The lowest BCUT2D eigenvalue weighted by Crippen LogP contribution is -2.14. The predicted octanol–water partition coefficient (Wildman–Crippen LogP) is 2.66. The van der Waals surface area contributed by atoms with Gasteiger partial charge in [-0.15, -0.1) is 0 Å². The monoisotopic (exact) mass is 215 g/mol. The quantitative estimate of drug-likeness (QED) is 0.732. The molecule has 1 aliphatic heterocycles. The number of aromatic nitrogens is 1. The standard InChI is InChI=1S/C13H13NO2/c1-2-11-9-5-3-4-6-10(9)13-12(14-11)7-15-8-16-13/h3-6H,2,7-8H2,1H3. The molecule has 0 unspecified atom stereocenters. The van der Waals surface area contributed by atoms with E-state index in [1.54, 1.807) is 0 Å². The van der Waals surface area contributed by atoms with Gasteiger partial charge in [-0.3, -0.25) is 4.98 Å². The highest BCUT2D eigenvalue weighted by Crippen LogP contribution is 2.33. The van der Waals surface area contributed by atoms with Gasteiger partial charge in [-0.2, -0.15) is 0 Å². The molecule has 1 aromatic carbocycles. The van der Waals surface area contributed by atoms with Gasteiger partial charge in [-0.25, -0.2) is 0 Å². The lowest BCUT2D eigenvalue weighted by Gasteiger charge is -2.20. The van der Waals surface area contributed by atoms with Gasteiger partial charge in [-0.1, -0.05) is 31.2 Å². The second kappa shape index (κ2) is 3.76. The molecule has 0 fully saturated rings. The highest BCUT2D eigenvalue weighted by molar-refractivity contribution is 5.90. The first-order valence-electron chi connectivity index (χ1n) is 5.51. The minimum atomic E-state index is 0.324. The maximum absolute atomic E-state index is 5.55. The fourth-order valence-corrected chi connectivity index (χ4v) is 2.13. The fraction of sp³-hybridized carbons (Fsp3) is 0.308. The summed E-state index contributed by atoms with van der Waals surface area (Å²) in [5.74, 6) is 0.888. The van der Waals surface area contributed by atoms with Crippen molar-refractivity contribution in [3.8, 4) is 5.75 Å². The van der Waals surface area contributed by atoms with Gasteiger partial charge in [0.1, 0.15) is 5.69 Å². The first-order valence-corrected chi connectivity index (χ1v) is 5.51. The van der Waals surface area contributed by atoms with Crippen LogP contribution in [0.2, 0.25) is 0 Å². The molecular formula is C13H13NO2. The Morgan fingerprint density at radius 3 is 2.88 bits per heavy atom. The molecule has 82 valence electrons. The first-order chi connectivity index (χ1) is 7.90. The summed E-state index contributed by atoms with van der Waals surface area (Å²) in [4.78, 5) is 4.61. The zero-order valence-corrected chi connectivity index (χ0v) is 9.19. The molecule has 3 rings (SSSR count). The van der Waals surface area contributed by atoms with Crippen LogP contribution in [0.25, 0.3) is 10.8 Å². The maximum atomic E-state index is 5.55. The Balaban J connectivity index is 2.36. The number of benzene rings is 1. The average Bonchev–Trinajstić information content (AvgIpc) is 2.38. The number of fused-ring (bicyclic) bond motifs is 3. The number of hydrogen-bond donors (Lipinski definition) is 0. The van der Waals surface area contributed by atoms with Gasteiger partial charge >= 0.3 is 0 Å². The molecule has 16 heavy (non-hydrogen) atoms. The van der Waals surface area contributed by atoms with E-state index in [2.05, 4.69) is 24.0 Å². The summed E-state index contributed by atoms with van der Waals surface area (Å²) >= 11 is 0. The van der Waals surface area contributed by atoms with E-state index in [4.69, 9.17) is 9.47 Å². The van der Waals surface area contributed by atoms with E-state index in [9.17, 15) is 0 Å². The third kappa shape index (κ3) is 1.36. The summed E-state index contributed by atoms with van der Waals surface area (Å²) in [5, 5.41) is 2.33. The second-order valence-electron chi connectivity index (χ2n) is 3.84. The van der Waals surface area contributed by atoms with Crippen LogP contribution in [0.1, 0.15) is 18.3 Å². The van der Waals surface area contributed by atoms with E-state index in [1.165, 1.54) is 5.39 Å². The molecule has 0 saturated heterocycles. The zero-order chi connectivity index (χ0) is 11.0. The molecule has 0 amide bonds. The molecule has 0 saturated carbocycles. The van der Waals surface area contributed by atoms with Crippen LogP contribution in [-0.4, -0.2) is 11.8 Å². The lowest BCUT2D eigenvalue weighted by atomic mass is 10.1. The van der Waals surface area contributed by atoms with Crippen LogP contribution in [0, 0.1) is 0 Å². The van der Waals surface area contributed by atoms with E-state index >= 15 is 0 Å². The van der Waals surface area contributed by atoms with Crippen LogP contribution in [0.5, 0.6) is 5.75 Å². The third-order valence-electron chi connectivity index (χ3n) is 2.87. The molecule has 1 aliphatic rings. The van der Waals surface area contributed by atoms with E-state index in [1.807, 2.05) is 12.1 Å². The molecule has 1 aromatic heterocycles. The summed E-state index contributed by atoms with van der Waals surface area (Å²) in [5.41, 5.74) is 2.03. The van der Waals surface area contributed by atoms with E-state index in [0.29, 0.717) is 13.4 Å². The molecular weight excluding hydrogens is 202 g/mol. The number of pyridine rings is 1. The molecule has 3 heteroatoms. The smallest absolute Gasteiger partial charge is 0.189 e. The van der Waals surface area contributed by atoms with Gasteiger partial charge < -0.3 is 9.47 Å². The van der Waals surface area contributed by atoms with E-state index < -0.39 is 0 Å². The van der Waals surface area contributed by atoms with Crippen LogP contribution in [-0.2, 0) is 17.8 Å². The summed E-state index contributed by atoms with van der Waals surface area (Å²) < 4.78 is 10.8. The Hall–Kier alpha value is -1.61.